The van der Waals surface area contributed by atoms with Crippen molar-refractivity contribution in [2.75, 3.05) is 12.9 Å². The summed E-state index contributed by atoms with van der Waals surface area (Å²) in [6.07, 6.45) is 0.368. The standard InChI is InChI=1S/C10H12BrFO4S/c1-7(6-15-17(2,13)14)16-10-5-8(11)3-4-9(10)12/h3-5,7H,6H2,1-2H3. The Morgan fingerprint density at radius 2 is 2.12 bits per heavy atom. The Labute approximate surface area is 108 Å². The normalized spacial score (nSPS) is 13.4. The summed E-state index contributed by atoms with van der Waals surface area (Å²) < 4.78 is 45.2. The summed E-state index contributed by atoms with van der Waals surface area (Å²) >= 11 is 3.18. The smallest absolute Gasteiger partial charge is 0.264 e. The summed E-state index contributed by atoms with van der Waals surface area (Å²) in [7, 11) is -3.51. The van der Waals surface area contributed by atoms with Crippen LogP contribution >= 0.6 is 15.9 Å². The molecule has 1 unspecified atom stereocenters. The van der Waals surface area contributed by atoms with Gasteiger partial charge in [-0.2, -0.15) is 8.42 Å². The van der Waals surface area contributed by atoms with Crippen molar-refractivity contribution in [1.82, 2.24) is 0 Å². The van der Waals surface area contributed by atoms with Crippen LogP contribution < -0.4 is 4.74 Å². The van der Waals surface area contributed by atoms with Gasteiger partial charge in [0.15, 0.2) is 11.6 Å². The van der Waals surface area contributed by atoms with Gasteiger partial charge in [-0.05, 0) is 25.1 Å². The molecule has 0 radical (unpaired) electrons. The number of rotatable bonds is 5. The molecule has 0 aliphatic carbocycles. The topological polar surface area (TPSA) is 52.6 Å². The molecule has 96 valence electrons. The van der Waals surface area contributed by atoms with E-state index >= 15 is 0 Å². The van der Waals surface area contributed by atoms with E-state index in [1.165, 1.54) is 12.1 Å². The molecular weight excluding hydrogens is 315 g/mol. The average Bonchev–Trinajstić information content (AvgIpc) is 2.20. The van der Waals surface area contributed by atoms with Gasteiger partial charge in [-0.15, -0.1) is 0 Å². The maximum atomic E-state index is 13.3. The first-order valence-electron chi connectivity index (χ1n) is 4.74. The first-order chi connectivity index (χ1) is 7.78. The highest BCUT2D eigenvalue weighted by Crippen LogP contribution is 2.23. The second-order valence-corrected chi connectivity index (χ2v) is 6.05. The van der Waals surface area contributed by atoms with Gasteiger partial charge in [0.2, 0.25) is 0 Å². The van der Waals surface area contributed by atoms with E-state index in [1.54, 1.807) is 13.0 Å². The first-order valence-corrected chi connectivity index (χ1v) is 7.35. The van der Waals surface area contributed by atoms with Crippen molar-refractivity contribution in [3.05, 3.63) is 28.5 Å². The zero-order chi connectivity index (χ0) is 13.1. The van der Waals surface area contributed by atoms with Crippen LogP contribution in [0.4, 0.5) is 4.39 Å². The van der Waals surface area contributed by atoms with Gasteiger partial charge in [-0.3, -0.25) is 4.18 Å². The summed E-state index contributed by atoms with van der Waals surface area (Å²) in [6.45, 7) is 1.43. The first kappa shape index (κ1) is 14.4. The number of halogens is 2. The van der Waals surface area contributed by atoms with Gasteiger partial charge < -0.3 is 4.74 Å². The average molecular weight is 327 g/mol. The SMILES string of the molecule is CC(COS(C)(=O)=O)Oc1cc(Br)ccc1F. The molecule has 17 heavy (non-hydrogen) atoms. The highest BCUT2D eigenvalue weighted by atomic mass is 79.9. The van der Waals surface area contributed by atoms with Gasteiger partial charge in [0.25, 0.3) is 10.1 Å². The van der Waals surface area contributed by atoms with Crippen molar-refractivity contribution < 1.29 is 21.7 Å². The van der Waals surface area contributed by atoms with Crippen LogP contribution in [0.3, 0.4) is 0 Å². The lowest BCUT2D eigenvalue weighted by atomic mass is 10.3. The van der Waals surface area contributed by atoms with Gasteiger partial charge >= 0.3 is 0 Å². The van der Waals surface area contributed by atoms with Crippen LogP contribution in [0.25, 0.3) is 0 Å². The number of ether oxygens (including phenoxy) is 1. The van der Waals surface area contributed by atoms with Gasteiger partial charge in [-0.25, -0.2) is 4.39 Å². The van der Waals surface area contributed by atoms with Gasteiger partial charge in [0, 0.05) is 4.47 Å². The molecule has 0 aliphatic rings. The minimum absolute atomic E-state index is 0.0453. The van der Waals surface area contributed by atoms with E-state index in [1.807, 2.05) is 0 Å². The highest BCUT2D eigenvalue weighted by molar-refractivity contribution is 9.10. The zero-order valence-electron chi connectivity index (χ0n) is 9.31. The Balaban J connectivity index is 2.62. The van der Waals surface area contributed by atoms with Crippen molar-refractivity contribution in [3.8, 4) is 5.75 Å². The summed E-state index contributed by atoms with van der Waals surface area (Å²) in [6, 6.07) is 4.26. The summed E-state index contributed by atoms with van der Waals surface area (Å²) in [4.78, 5) is 0. The number of hydrogen-bond acceptors (Lipinski definition) is 4. The third-order valence-corrected chi connectivity index (χ3v) is 2.80. The molecule has 0 fully saturated rings. The number of benzene rings is 1. The molecule has 0 saturated carbocycles. The molecule has 1 aromatic rings. The van der Waals surface area contributed by atoms with E-state index in [0.717, 1.165) is 6.26 Å². The quantitative estimate of drug-likeness (QED) is 0.779. The maximum absolute atomic E-state index is 13.3. The van der Waals surface area contributed by atoms with Crippen LogP contribution in [0, 0.1) is 5.82 Å². The molecule has 0 saturated heterocycles. The van der Waals surface area contributed by atoms with E-state index in [0.29, 0.717) is 4.47 Å². The summed E-state index contributed by atoms with van der Waals surface area (Å²) in [5, 5.41) is 0. The van der Waals surface area contributed by atoms with E-state index in [4.69, 9.17) is 4.74 Å². The molecule has 0 N–H and O–H groups in total. The highest BCUT2D eigenvalue weighted by Gasteiger charge is 2.12. The fraction of sp³-hybridized carbons (Fsp3) is 0.400. The zero-order valence-corrected chi connectivity index (χ0v) is 11.7. The van der Waals surface area contributed by atoms with Crippen LogP contribution in [0.15, 0.2) is 22.7 Å². The molecule has 7 heteroatoms. The third kappa shape index (κ3) is 5.47. The third-order valence-electron chi connectivity index (χ3n) is 1.74. The van der Waals surface area contributed by atoms with Crippen molar-refractivity contribution in [1.29, 1.82) is 0 Å². The van der Waals surface area contributed by atoms with Crippen LogP contribution in [-0.2, 0) is 14.3 Å². The van der Waals surface area contributed by atoms with Crippen molar-refractivity contribution in [3.63, 3.8) is 0 Å². The number of hydrogen-bond donors (Lipinski definition) is 0. The lowest BCUT2D eigenvalue weighted by molar-refractivity contribution is 0.142. The fourth-order valence-corrected chi connectivity index (χ4v) is 1.82. The van der Waals surface area contributed by atoms with Gasteiger partial charge in [0.1, 0.15) is 12.7 Å². The largest absolute Gasteiger partial charge is 0.485 e. The van der Waals surface area contributed by atoms with Crippen LogP contribution in [-0.4, -0.2) is 27.4 Å². The fourth-order valence-electron chi connectivity index (χ4n) is 1.04. The van der Waals surface area contributed by atoms with E-state index in [2.05, 4.69) is 20.1 Å². The van der Waals surface area contributed by atoms with Crippen LogP contribution in [0.1, 0.15) is 6.92 Å². The van der Waals surface area contributed by atoms with Gasteiger partial charge in [0.05, 0.1) is 6.26 Å². The van der Waals surface area contributed by atoms with Crippen molar-refractivity contribution in [2.45, 2.75) is 13.0 Å². The molecule has 0 aromatic heterocycles. The van der Waals surface area contributed by atoms with E-state index < -0.39 is 22.0 Å². The lowest BCUT2D eigenvalue weighted by Gasteiger charge is -2.14. The van der Waals surface area contributed by atoms with Crippen molar-refractivity contribution >= 4 is 26.0 Å². The van der Waals surface area contributed by atoms with Crippen molar-refractivity contribution in [2.24, 2.45) is 0 Å². The molecule has 0 heterocycles. The molecule has 1 rings (SSSR count). The maximum Gasteiger partial charge on any atom is 0.264 e. The molecule has 1 atom stereocenters. The Bertz CT molecular complexity index is 489. The Kier molecular flexibility index (Phi) is 4.91. The Morgan fingerprint density at radius 1 is 1.47 bits per heavy atom. The van der Waals surface area contributed by atoms with E-state index in [-0.39, 0.29) is 12.4 Å². The minimum atomic E-state index is -3.51. The molecule has 0 bridgehead atoms. The lowest BCUT2D eigenvalue weighted by Crippen LogP contribution is -2.21. The predicted octanol–water partition coefficient (Wildman–Crippen LogP) is 2.33. The molecule has 4 nitrogen and oxygen atoms in total. The monoisotopic (exact) mass is 326 g/mol. The summed E-state index contributed by atoms with van der Waals surface area (Å²) in [5.41, 5.74) is 0. The summed E-state index contributed by atoms with van der Waals surface area (Å²) in [5.74, 6) is -0.469. The second kappa shape index (κ2) is 5.79. The second-order valence-electron chi connectivity index (χ2n) is 3.49. The molecular formula is C10H12BrFO4S. The predicted molar refractivity (Wildman–Crippen MR) is 65.0 cm³/mol. The molecule has 0 aliphatic heterocycles. The van der Waals surface area contributed by atoms with Crippen LogP contribution in [0.2, 0.25) is 0 Å². The van der Waals surface area contributed by atoms with E-state index in [9.17, 15) is 12.8 Å². The van der Waals surface area contributed by atoms with Crippen LogP contribution in [0.5, 0.6) is 5.75 Å². The van der Waals surface area contributed by atoms with Gasteiger partial charge in [-0.1, -0.05) is 15.9 Å². The molecule has 1 aromatic carbocycles. The Hall–Kier alpha value is -0.660. The molecule has 0 amide bonds. The Morgan fingerprint density at radius 3 is 2.71 bits per heavy atom. The minimum Gasteiger partial charge on any atom is -0.485 e. The molecule has 0 spiro atoms.